The Morgan fingerprint density at radius 2 is 1.87 bits per heavy atom. The molecule has 2 saturated heterocycles. The molecule has 2 fully saturated rings. The summed E-state index contributed by atoms with van der Waals surface area (Å²) in [7, 11) is 0. The Balaban J connectivity index is 1.11. The van der Waals surface area contributed by atoms with Gasteiger partial charge in [-0.05, 0) is 66.7 Å². The molecule has 1 N–H and O–H groups in total. The fourth-order valence-corrected chi connectivity index (χ4v) is 4.77. The molecular formula is C20H26N8O3. The number of ether oxygens (including phenoxy) is 1. The maximum absolute atomic E-state index is 11.3. The van der Waals surface area contributed by atoms with Crippen LogP contribution in [0.25, 0.3) is 5.82 Å². The van der Waals surface area contributed by atoms with Gasteiger partial charge in [-0.1, -0.05) is 0 Å². The maximum Gasteiger partial charge on any atom is 0.333 e. The molecule has 5 rings (SSSR count). The number of piperidine rings is 2. The van der Waals surface area contributed by atoms with Gasteiger partial charge in [0.25, 0.3) is 0 Å². The number of aromatic nitrogens is 6. The van der Waals surface area contributed by atoms with Crippen LogP contribution in [0.5, 0.6) is 0 Å². The molecule has 0 aromatic carbocycles. The van der Waals surface area contributed by atoms with Crippen molar-refractivity contribution in [1.29, 1.82) is 0 Å². The number of hydrogen-bond donors (Lipinski definition) is 1. The minimum atomic E-state index is -0.682. The van der Waals surface area contributed by atoms with Crippen LogP contribution in [0, 0.1) is 5.41 Å². The maximum atomic E-state index is 11.3. The predicted molar refractivity (Wildman–Crippen MR) is 108 cm³/mol. The Morgan fingerprint density at radius 3 is 2.48 bits per heavy atom. The lowest BCUT2D eigenvalue weighted by Crippen LogP contribution is -2.47. The average molecular weight is 426 g/mol. The SMILES string of the molecule is O=C1C=C(N2CCC3(CCN(C[C@@H](O)c4ccc(-n5cnnn5)nn4)CC3)CC2)CO1. The molecule has 3 aliphatic heterocycles. The van der Waals surface area contributed by atoms with Crippen molar-refractivity contribution in [2.75, 3.05) is 39.3 Å². The molecule has 2 aromatic rings. The summed E-state index contributed by atoms with van der Waals surface area (Å²) < 4.78 is 6.47. The van der Waals surface area contributed by atoms with Crippen molar-refractivity contribution < 1.29 is 14.6 Å². The van der Waals surface area contributed by atoms with E-state index in [4.69, 9.17) is 4.74 Å². The van der Waals surface area contributed by atoms with Crippen LogP contribution in [0.3, 0.4) is 0 Å². The van der Waals surface area contributed by atoms with Gasteiger partial charge >= 0.3 is 5.97 Å². The van der Waals surface area contributed by atoms with E-state index in [2.05, 4.69) is 35.5 Å². The third-order valence-electron chi connectivity index (χ3n) is 6.82. The molecule has 1 spiro atoms. The first kappa shape index (κ1) is 20.0. The summed E-state index contributed by atoms with van der Waals surface area (Å²) >= 11 is 0. The molecular weight excluding hydrogens is 400 g/mol. The van der Waals surface area contributed by atoms with E-state index in [0.717, 1.165) is 57.6 Å². The highest BCUT2D eigenvalue weighted by Crippen LogP contribution is 2.42. The Hall–Kier alpha value is -2.92. The van der Waals surface area contributed by atoms with Gasteiger partial charge in [-0.2, -0.15) is 9.78 Å². The smallest absolute Gasteiger partial charge is 0.333 e. The van der Waals surface area contributed by atoms with Gasteiger partial charge in [0.05, 0.1) is 11.4 Å². The summed E-state index contributed by atoms with van der Waals surface area (Å²) in [6.45, 7) is 4.86. The summed E-state index contributed by atoms with van der Waals surface area (Å²) in [5.41, 5.74) is 1.94. The zero-order valence-electron chi connectivity index (χ0n) is 17.3. The molecule has 0 aliphatic carbocycles. The third kappa shape index (κ3) is 4.28. The van der Waals surface area contributed by atoms with Gasteiger partial charge in [0.1, 0.15) is 19.0 Å². The van der Waals surface area contributed by atoms with Crippen LogP contribution in [0.1, 0.15) is 37.5 Å². The topological polar surface area (TPSA) is 122 Å². The minimum absolute atomic E-state index is 0.225. The van der Waals surface area contributed by atoms with Crippen molar-refractivity contribution in [1.82, 2.24) is 40.2 Å². The first-order valence-corrected chi connectivity index (χ1v) is 10.7. The van der Waals surface area contributed by atoms with E-state index in [9.17, 15) is 9.90 Å². The molecule has 11 heteroatoms. The van der Waals surface area contributed by atoms with E-state index in [-0.39, 0.29) is 5.97 Å². The summed E-state index contributed by atoms with van der Waals surface area (Å²) in [6, 6.07) is 3.52. The van der Waals surface area contributed by atoms with E-state index in [1.807, 2.05) is 0 Å². The Morgan fingerprint density at radius 1 is 1.10 bits per heavy atom. The van der Waals surface area contributed by atoms with Gasteiger partial charge in [-0.15, -0.1) is 10.2 Å². The molecule has 2 aromatic heterocycles. The molecule has 3 aliphatic rings. The van der Waals surface area contributed by atoms with E-state index in [0.29, 0.717) is 30.1 Å². The molecule has 0 unspecified atom stereocenters. The Kier molecular flexibility index (Phi) is 5.36. The van der Waals surface area contributed by atoms with E-state index < -0.39 is 6.10 Å². The minimum Gasteiger partial charge on any atom is -0.456 e. The van der Waals surface area contributed by atoms with E-state index in [1.54, 1.807) is 18.2 Å². The van der Waals surface area contributed by atoms with Gasteiger partial charge in [0, 0.05) is 25.7 Å². The number of likely N-dealkylation sites (tertiary alicyclic amines) is 2. The molecule has 11 nitrogen and oxygen atoms in total. The fraction of sp³-hybridized carbons (Fsp3) is 0.600. The number of nitrogens with zero attached hydrogens (tertiary/aromatic N) is 8. The summed E-state index contributed by atoms with van der Waals surface area (Å²) in [6.07, 6.45) is 6.93. The zero-order chi connectivity index (χ0) is 21.3. The zero-order valence-corrected chi connectivity index (χ0v) is 17.3. The monoisotopic (exact) mass is 426 g/mol. The number of hydrogen-bond acceptors (Lipinski definition) is 10. The lowest BCUT2D eigenvalue weighted by molar-refractivity contribution is -0.135. The second-order valence-corrected chi connectivity index (χ2v) is 8.62. The van der Waals surface area contributed by atoms with Gasteiger partial charge in [0.2, 0.25) is 0 Å². The number of esters is 1. The van der Waals surface area contributed by atoms with Crippen LogP contribution in [0.2, 0.25) is 0 Å². The highest BCUT2D eigenvalue weighted by atomic mass is 16.5. The molecule has 0 saturated carbocycles. The van der Waals surface area contributed by atoms with Gasteiger partial charge in [-0.3, -0.25) is 0 Å². The fourth-order valence-electron chi connectivity index (χ4n) is 4.77. The number of rotatable bonds is 5. The molecule has 0 bridgehead atoms. The largest absolute Gasteiger partial charge is 0.456 e. The van der Waals surface area contributed by atoms with Crippen molar-refractivity contribution in [3.05, 3.63) is 35.9 Å². The number of carbonyl (C=O) groups excluding carboxylic acids is 1. The molecule has 0 amide bonds. The molecule has 164 valence electrons. The molecule has 5 heterocycles. The van der Waals surface area contributed by atoms with Gasteiger partial charge in [0.15, 0.2) is 5.82 Å². The van der Waals surface area contributed by atoms with Crippen LogP contribution in [0.4, 0.5) is 0 Å². The number of tetrazole rings is 1. The van der Waals surface area contributed by atoms with Crippen molar-refractivity contribution in [2.45, 2.75) is 31.8 Å². The molecule has 1 atom stereocenters. The lowest BCUT2D eigenvalue weighted by atomic mass is 9.71. The van der Waals surface area contributed by atoms with Crippen LogP contribution >= 0.6 is 0 Å². The van der Waals surface area contributed by atoms with Gasteiger partial charge in [-0.25, -0.2) is 4.79 Å². The second kappa shape index (κ2) is 8.31. The van der Waals surface area contributed by atoms with Crippen LogP contribution in [-0.2, 0) is 9.53 Å². The normalized spacial score (nSPS) is 22.4. The standard InChI is InChI=1S/C20H26N8O3/c29-17(16-1-2-18(23-22-16)28-14-21-24-25-28)12-26-7-3-20(4-8-26)5-9-27(10-6-20)15-11-19(30)31-13-15/h1-2,11,14,17,29H,3-10,12-13H2/t17-/m1/s1. The second-order valence-electron chi connectivity index (χ2n) is 8.62. The van der Waals surface area contributed by atoms with Crippen molar-refractivity contribution in [3.63, 3.8) is 0 Å². The van der Waals surface area contributed by atoms with Gasteiger partial charge < -0.3 is 19.6 Å². The highest BCUT2D eigenvalue weighted by Gasteiger charge is 2.38. The number of cyclic esters (lactones) is 1. The lowest BCUT2D eigenvalue weighted by Gasteiger charge is -2.47. The van der Waals surface area contributed by atoms with Crippen LogP contribution in [0.15, 0.2) is 30.2 Å². The first-order valence-electron chi connectivity index (χ1n) is 10.7. The Bertz CT molecular complexity index is 928. The third-order valence-corrected chi connectivity index (χ3v) is 6.82. The molecule has 0 radical (unpaired) electrons. The Labute approximate surface area is 179 Å². The van der Waals surface area contributed by atoms with Crippen LogP contribution in [-0.4, -0.2) is 90.6 Å². The van der Waals surface area contributed by atoms with E-state index >= 15 is 0 Å². The number of carbonyl (C=O) groups is 1. The quantitative estimate of drug-likeness (QED) is 0.659. The summed E-state index contributed by atoms with van der Waals surface area (Å²) in [5, 5.41) is 29.8. The van der Waals surface area contributed by atoms with Crippen molar-refractivity contribution >= 4 is 5.97 Å². The van der Waals surface area contributed by atoms with Crippen molar-refractivity contribution in [2.24, 2.45) is 5.41 Å². The highest BCUT2D eigenvalue weighted by molar-refractivity contribution is 5.85. The number of aliphatic hydroxyl groups excluding tert-OH is 1. The van der Waals surface area contributed by atoms with Crippen LogP contribution < -0.4 is 0 Å². The number of β-amino-alcohol motifs (C(OH)–C–C–N with tert-alkyl or cyclic N) is 1. The van der Waals surface area contributed by atoms with Crippen molar-refractivity contribution in [3.8, 4) is 5.82 Å². The average Bonchev–Trinajstić information content (AvgIpc) is 3.48. The summed E-state index contributed by atoms with van der Waals surface area (Å²) in [4.78, 5) is 15.9. The predicted octanol–water partition coefficient (Wildman–Crippen LogP) is 0.104. The van der Waals surface area contributed by atoms with E-state index in [1.165, 1.54) is 11.0 Å². The summed E-state index contributed by atoms with van der Waals surface area (Å²) in [5.74, 6) is 0.286. The molecule has 31 heavy (non-hydrogen) atoms. The number of aliphatic hydroxyl groups is 1. The first-order chi connectivity index (χ1) is 15.1.